The maximum atomic E-state index is 12.4. The molecule has 150 valence electrons. The van der Waals surface area contributed by atoms with Crippen molar-refractivity contribution >= 4 is 5.91 Å². The van der Waals surface area contributed by atoms with Crippen molar-refractivity contribution in [2.75, 3.05) is 13.1 Å². The molecule has 8 heteroatoms. The van der Waals surface area contributed by atoms with Crippen LogP contribution in [0.1, 0.15) is 40.5 Å². The number of pyridine rings is 1. The zero-order valence-corrected chi connectivity index (χ0v) is 16.3. The zero-order chi connectivity index (χ0) is 20.2. The molecule has 0 bridgehead atoms. The molecule has 1 aliphatic heterocycles. The number of nitrogens with one attached hydrogen (secondary N) is 1. The third kappa shape index (κ3) is 4.27. The van der Waals surface area contributed by atoms with Crippen LogP contribution in [0.4, 0.5) is 0 Å². The fourth-order valence-electron chi connectivity index (χ4n) is 3.59. The number of hydrogen-bond donors (Lipinski definition) is 2. The van der Waals surface area contributed by atoms with Crippen molar-refractivity contribution in [2.24, 2.45) is 0 Å². The Morgan fingerprint density at radius 2 is 2.03 bits per heavy atom. The van der Waals surface area contributed by atoms with Crippen LogP contribution < -0.4 is 5.32 Å². The third-order valence-corrected chi connectivity index (χ3v) is 5.19. The first-order valence-corrected chi connectivity index (χ1v) is 9.74. The van der Waals surface area contributed by atoms with Crippen LogP contribution in [0.25, 0.3) is 0 Å². The number of fused-ring (bicyclic) bond motifs is 1. The first-order chi connectivity index (χ1) is 14.1. The van der Waals surface area contributed by atoms with E-state index in [-0.39, 0.29) is 11.9 Å². The molecule has 1 aromatic carbocycles. The van der Waals surface area contributed by atoms with Crippen molar-refractivity contribution in [1.29, 1.82) is 0 Å². The lowest BCUT2D eigenvalue weighted by Crippen LogP contribution is -2.30. The highest BCUT2D eigenvalue weighted by Gasteiger charge is 2.23. The van der Waals surface area contributed by atoms with Gasteiger partial charge in [0.1, 0.15) is 11.6 Å². The number of phenols is 1. The Morgan fingerprint density at radius 1 is 1.17 bits per heavy atom. The summed E-state index contributed by atoms with van der Waals surface area (Å²) in [5.74, 6) is 1.81. The summed E-state index contributed by atoms with van der Waals surface area (Å²) in [4.78, 5) is 18.7. The maximum Gasteiger partial charge on any atom is 0.253 e. The molecule has 0 saturated carbocycles. The van der Waals surface area contributed by atoms with Gasteiger partial charge in [0, 0.05) is 50.6 Å². The molecule has 3 heterocycles. The molecule has 1 amide bonds. The second-order valence-corrected chi connectivity index (χ2v) is 7.22. The number of carbonyl (C=O) groups excluding carboxylic acids is 1. The fraction of sp³-hybridized carbons (Fsp3) is 0.333. The van der Waals surface area contributed by atoms with Gasteiger partial charge in [-0.15, -0.1) is 10.2 Å². The molecule has 4 rings (SSSR count). The molecular formula is C21H24N6O2. The number of phenolic OH excluding ortho intramolecular Hbond substituents is 1. The van der Waals surface area contributed by atoms with E-state index < -0.39 is 0 Å². The molecule has 0 aliphatic carbocycles. The standard InChI is InChI=1S/C21H24N6O2/c1-15(23-21(29)16-6-4-9-22-13-16)20-25-24-19-8-10-26(11-12-27(19)20)14-17-5-2-3-7-18(17)28/h2-7,9,13,15,28H,8,10-12,14H2,1H3,(H,23,29)/t15-/m0/s1. The van der Waals surface area contributed by atoms with E-state index in [1.807, 2.05) is 25.1 Å². The Balaban J connectivity index is 1.43. The van der Waals surface area contributed by atoms with Gasteiger partial charge in [-0.3, -0.25) is 14.7 Å². The number of para-hydroxylation sites is 1. The number of nitrogens with zero attached hydrogens (tertiary/aromatic N) is 5. The van der Waals surface area contributed by atoms with Crippen LogP contribution >= 0.6 is 0 Å². The molecule has 0 radical (unpaired) electrons. The Labute approximate surface area is 169 Å². The zero-order valence-electron chi connectivity index (χ0n) is 16.3. The lowest BCUT2D eigenvalue weighted by atomic mass is 10.2. The van der Waals surface area contributed by atoms with Crippen molar-refractivity contribution in [2.45, 2.75) is 32.5 Å². The van der Waals surface area contributed by atoms with E-state index in [4.69, 9.17) is 0 Å². The molecule has 1 aliphatic rings. The summed E-state index contributed by atoms with van der Waals surface area (Å²) in [6.45, 7) is 4.99. The van der Waals surface area contributed by atoms with Gasteiger partial charge in [0.25, 0.3) is 5.91 Å². The van der Waals surface area contributed by atoms with Gasteiger partial charge in [-0.1, -0.05) is 18.2 Å². The lowest BCUT2D eigenvalue weighted by molar-refractivity contribution is 0.0937. The van der Waals surface area contributed by atoms with Crippen LogP contribution in [0, 0.1) is 0 Å². The second kappa shape index (κ2) is 8.40. The average Bonchev–Trinajstić information content (AvgIpc) is 3.05. The SMILES string of the molecule is C[C@H](NC(=O)c1cccnc1)c1nnc2n1CCN(Cc1ccccc1O)CC2. The van der Waals surface area contributed by atoms with E-state index in [0.717, 1.165) is 43.3 Å². The molecule has 0 saturated heterocycles. The molecule has 29 heavy (non-hydrogen) atoms. The number of benzene rings is 1. The molecule has 0 fully saturated rings. The minimum absolute atomic E-state index is 0.183. The fourth-order valence-corrected chi connectivity index (χ4v) is 3.59. The lowest BCUT2D eigenvalue weighted by Gasteiger charge is -2.20. The summed E-state index contributed by atoms with van der Waals surface area (Å²) < 4.78 is 2.10. The summed E-state index contributed by atoms with van der Waals surface area (Å²) in [7, 11) is 0. The number of carbonyl (C=O) groups is 1. The Hall–Kier alpha value is -3.26. The van der Waals surface area contributed by atoms with E-state index in [1.54, 1.807) is 30.6 Å². The van der Waals surface area contributed by atoms with E-state index >= 15 is 0 Å². The summed E-state index contributed by atoms with van der Waals surface area (Å²) >= 11 is 0. The number of hydrogen-bond acceptors (Lipinski definition) is 6. The average molecular weight is 392 g/mol. The Kier molecular flexibility index (Phi) is 5.53. The van der Waals surface area contributed by atoms with Gasteiger partial charge in [0.2, 0.25) is 0 Å². The minimum Gasteiger partial charge on any atom is -0.508 e. The van der Waals surface area contributed by atoms with Gasteiger partial charge in [0.05, 0.1) is 11.6 Å². The van der Waals surface area contributed by atoms with Gasteiger partial charge in [0.15, 0.2) is 5.82 Å². The highest BCUT2D eigenvalue weighted by atomic mass is 16.3. The largest absolute Gasteiger partial charge is 0.508 e. The van der Waals surface area contributed by atoms with Crippen molar-refractivity contribution in [1.82, 2.24) is 30.0 Å². The molecular weight excluding hydrogens is 368 g/mol. The first-order valence-electron chi connectivity index (χ1n) is 9.74. The normalized spacial score (nSPS) is 15.3. The summed E-state index contributed by atoms with van der Waals surface area (Å²) in [5, 5.41) is 21.7. The van der Waals surface area contributed by atoms with Crippen LogP contribution in [0.3, 0.4) is 0 Å². The van der Waals surface area contributed by atoms with Crippen LogP contribution in [-0.4, -0.2) is 48.8 Å². The minimum atomic E-state index is -0.270. The number of aromatic hydroxyl groups is 1. The summed E-state index contributed by atoms with van der Waals surface area (Å²) in [5.41, 5.74) is 1.44. The molecule has 1 atom stereocenters. The number of aromatic nitrogens is 4. The quantitative estimate of drug-likeness (QED) is 0.689. The molecule has 0 spiro atoms. The number of rotatable bonds is 5. The van der Waals surface area contributed by atoms with Crippen molar-refractivity contribution in [3.8, 4) is 5.75 Å². The van der Waals surface area contributed by atoms with Crippen LogP contribution in [0.5, 0.6) is 5.75 Å². The topological polar surface area (TPSA) is 96.2 Å². The van der Waals surface area contributed by atoms with Crippen LogP contribution in [0.15, 0.2) is 48.8 Å². The summed E-state index contributed by atoms with van der Waals surface area (Å²) in [6.07, 6.45) is 3.95. The van der Waals surface area contributed by atoms with E-state index in [2.05, 4.69) is 30.0 Å². The van der Waals surface area contributed by atoms with E-state index in [1.165, 1.54) is 0 Å². The molecule has 2 aromatic heterocycles. The van der Waals surface area contributed by atoms with Gasteiger partial charge in [-0.05, 0) is 25.1 Å². The van der Waals surface area contributed by atoms with E-state index in [0.29, 0.717) is 17.9 Å². The third-order valence-electron chi connectivity index (χ3n) is 5.19. The first kappa shape index (κ1) is 19.1. The van der Waals surface area contributed by atoms with Gasteiger partial charge < -0.3 is 15.0 Å². The molecule has 3 aromatic rings. The van der Waals surface area contributed by atoms with Crippen molar-refractivity contribution in [3.63, 3.8) is 0 Å². The molecule has 0 unspecified atom stereocenters. The Bertz CT molecular complexity index is 988. The predicted octanol–water partition coefficient (Wildman–Crippen LogP) is 1.93. The van der Waals surface area contributed by atoms with E-state index in [9.17, 15) is 9.90 Å². The Morgan fingerprint density at radius 3 is 2.83 bits per heavy atom. The van der Waals surface area contributed by atoms with Gasteiger partial charge in [-0.25, -0.2) is 0 Å². The monoisotopic (exact) mass is 392 g/mol. The molecule has 2 N–H and O–H groups in total. The van der Waals surface area contributed by atoms with Crippen LogP contribution in [-0.2, 0) is 19.5 Å². The second-order valence-electron chi connectivity index (χ2n) is 7.22. The van der Waals surface area contributed by atoms with Gasteiger partial charge >= 0.3 is 0 Å². The maximum absolute atomic E-state index is 12.4. The van der Waals surface area contributed by atoms with Crippen LogP contribution in [0.2, 0.25) is 0 Å². The summed E-state index contributed by atoms with van der Waals surface area (Å²) in [6, 6.07) is 10.6. The van der Waals surface area contributed by atoms with Gasteiger partial charge in [-0.2, -0.15) is 0 Å². The highest BCUT2D eigenvalue weighted by Crippen LogP contribution is 2.20. The van der Waals surface area contributed by atoms with Crippen molar-refractivity contribution in [3.05, 3.63) is 71.6 Å². The number of amides is 1. The highest BCUT2D eigenvalue weighted by molar-refractivity contribution is 5.93. The molecule has 8 nitrogen and oxygen atoms in total. The predicted molar refractivity (Wildman–Crippen MR) is 107 cm³/mol. The van der Waals surface area contributed by atoms with Crippen molar-refractivity contribution < 1.29 is 9.90 Å². The smallest absolute Gasteiger partial charge is 0.253 e.